The Morgan fingerprint density at radius 2 is 2.09 bits per heavy atom. The van der Waals surface area contributed by atoms with E-state index in [9.17, 15) is 0 Å². The number of nitrogens with two attached hydrogens (primary N) is 1. The fourth-order valence-corrected chi connectivity index (χ4v) is 0.969. The van der Waals surface area contributed by atoms with Crippen LogP contribution in [0, 0.1) is 0 Å². The van der Waals surface area contributed by atoms with E-state index in [4.69, 9.17) is 28.9 Å². The molecule has 0 saturated carbocycles. The summed E-state index contributed by atoms with van der Waals surface area (Å²) in [7, 11) is 0. The van der Waals surface area contributed by atoms with Gasteiger partial charge in [-0.2, -0.15) is 0 Å². The summed E-state index contributed by atoms with van der Waals surface area (Å²) in [5.74, 6) is 0. The lowest BCUT2D eigenvalue weighted by atomic mass is 10.3. The molecule has 5 heteroatoms. The van der Waals surface area contributed by atoms with Crippen molar-refractivity contribution in [3.63, 3.8) is 0 Å². The molecule has 1 aromatic heterocycles. The second-order valence-electron chi connectivity index (χ2n) is 1.81. The van der Waals surface area contributed by atoms with E-state index in [-0.39, 0.29) is 12.4 Å². The van der Waals surface area contributed by atoms with E-state index in [0.717, 1.165) is 5.56 Å². The van der Waals surface area contributed by atoms with Crippen LogP contribution in [0.3, 0.4) is 0 Å². The fraction of sp³-hybridized carbons (Fsp3) is 0.167. The van der Waals surface area contributed by atoms with Crippen molar-refractivity contribution in [3.8, 4) is 0 Å². The summed E-state index contributed by atoms with van der Waals surface area (Å²) in [5.41, 5.74) is 6.11. The molecule has 0 aliphatic heterocycles. The van der Waals surface area contributed by atoms with Crippen molar-refractivity contribution >= 4 is 35.6 Å². The molecule has 1 rings (SSSR count). The lowest BCUT2D eigenvalue weighted by molar-refractivity contribution is 1.05. The van der Waals surface area contributed by atoms with Gasteiger partial charge in [0, 0.05) is 18.3 Å². The molecule has 1 heterocycles. The van der Waals surface area contributed by atoms with Crippen LogP contribution in [0.1, 0.15) is 5.56 Å². The predicted molar refractivity (Wildman–Crippen MR) is 49.4 cm³/mol. The third kappa shape index (κ3) is 2.83. The summed E-state index contributed by atoms with van der Waals surface area (Å²) in [6, 6.07) is 1.71. The first-order chi connectivity index (χ1) is 4.74. The Labute approximate surface area is 81.1 Å². The quantitative estimate of drug-likeness (QED) is 0.727. The van der Waals surface area contributed by atoms with Crippen LogP contribution in [0.25, 0.3) is 0 Å². The molecule has 0 aliphatic carbocycles. The number of halogens is 3. The SMILES string of the molecule is Cl.NCc1cc(Cl)cnc1Cl. The average molecular weight is 213 g/mol. The summed E-state index contributed by atoms with van der Waals surface area (Å²) in [5, 5.41) is 0.983. The molecule has 11 heavy (non-hydrogen) atoms. The molecular weight excluding hydrogens is 206 g/mol. The Balaban J connectivity index is 0.000001000. The topological polar surface area (TPSA) is 38.9 Å². The summed E-state index contributed by atoms with van der Waals surface area (Å²) in [6.07, 6.45) is 1.49. The summed E-state index contributed by atoms with van der Waals surface area (Å²) in [6.45, 7) is 0.367. The Bertz CT molecular complexity index is 239. The van der Waals surface area contributed by atoms with E-state index < -0.39 is 0 Å². The van der Waals surface area contributed by atoms with Crippen molar-refractivity contribution < 1.29 is 0 Å². The van der Waals surface area contributed by atoms with Gasteiger partial charge in [0.2, 0.25) is 0 Å². The van der Waals surface area contributed by atoms with Crippen LogP contribution in [-0.2, 0) is 6.54 Å². The minimum Gasteiger partial charge on any atom is -0.326 e. The molecular formula is C6H7Cl3N2. The maximum atomic E-state index is 5.65. The van der Waals surface area contributed by atoms with Crippen LogP contribution in [0.15, 0.2) is 12.3 Å². The standard InChI is InChI=1S/C6H6Cl2N2.ClH/c7-5-1-4(2-9)6(8)10-3-5;/h1,3H,2,9H2;1H. The van der Waals surface area contributed by atoms with Gasteiger partial charge in [0.05, 0.1) is 5.02 Å². The van der Waals surface area contributed by atoms with Gasteiger partial charge >= 0.3 is 0 Å². The fourth-order valence-electron chi connectivity index (χ4n) is 0.608. The molecule has 2 N–H and O–H groups in total. The van der Waals surface area contributed by atoms with E-state index in [1.165, 1.54) is 6.20 Å². The highest BCUT2D eigenvalue weighted by Crippen LogP contribution is 2.16. The van der Waals surface area contributed by atoms with Crippen molar-refractivity contribution in [1.82, 2.24) is 4.98 Å². The van der Waals surface area contributed by atoms with E-state index in [1.54, 1.807) is 6.07 Å². The predicted octanol–water partition coefficient (Wildman–Crippen LogP) is 2.27. The lowest BCUT2D eigenvalue weighted by Gasteiger charge is -1.98. The normalized spacial score (nSPS) is 9.00. The van der Waals surface area contributed by atoms with Gasteiger partial charge in [-0.25, -0.2) is 4.98 Å². The number of hydrogen-bond donors (Lipinski definition) is 1. The molecule has 0 unspecified atom stereocenters. The lowest BCUT2D eigenvalue weighted by Crippen LogP contribution is -1.97. The molecule has 1 aromatic rings. The maximum Gasteiger partial charge on any atom is 0.133 e. The first kappa shape index (κ1) is 11.0. The van der Waals surface area contributed by atoms with Crippen molar-refractivity contribution in [2.45, 2.75) is 6.54 Å². The minimum absolute atomic E-state index is 0. The van der Waals surface area contributed by atoms with Gasteiger partial charge in [-0.3, -0.25) is 0 Å². The number of rotatable bonds is 1. The van der Waals surface area contributed by atoms with Crippen molar-refractivity contribution in [1.29, 1.82) is 0 Å². The van der Waals surface area contributed by atoms with Gasteiger partial charge in [-0.15, -0.1) is 12.4 Å². The molecule has 0 aromatic carbocycles. The molecule has 0 amide bonds. The van der Waals surface area contributed by atoms with Gasteiger partial charge in [-0.1, -0.05) is 23.2 Å². The number of aromatic nitrogens is 1. The van der Waals surface area contributed by atoms with Crippen molar-refractivity contribution in [3.05, 3.63) is 28.0 Å². The average Bonchev–Trinajstić information content (AvgIpc) is 1.94. The minimum atomic E-state index is 0. The summed E-state index contributed by atoms with van der Waals surface area (Å²) < 4.78 is 0. The van der Waals surface area contributed by atoms with Crippen molar-refractivity contribution in [2.75, 3.05) is 0 Å². The van der Waals surface area contributed by atoms with Crippen LogP contribution in [-0.4, -0.2) is 4.98 Å². The molecule has 0 fully saturated rings. The second-order valence-corrected chi connectivity index (χ2v) is 2.60. The zero-order chi connectivity index (χ0) is 7.56. The first-order valence-corrected chi connectivity index (χ1v) is 3.49. The maximum absolute atomic E-state index is 5.65. The zero-order valence-corrected chi connectivity index (χ0v) is 7.88. The van der Waals surface area contributed by atoms with Gasteiger partial charge in [-0.05, 0) is 6.07 Å². The molecule has 0 radical (unpaired) electrons. The number of nitrogens with zero attached hydrogens (tertiary/aromatic N) is 1. The largest absolute Gasteiger partial charge is 0.326 e. The van der Waals surface area contributed by atoms with Crippen LogP contribution in [0.2, 0.25) is 10.2 Å². The molecule has 0 aliphatic rings. The first-order valence-electron chi connectivity index (χ1n) is 2.74. The number of hydrogen-bond acceptors (Lipinski definition) is 2. The molecule has 0 spiro atoms. The van der Waals surface area contributed by atoms with E-state index in [1.807, 2.05) is 0 Å². The van der Waals surface area contributed by atoms with Crippen LogP contribution in [0.4, 0.5) is 0 Å². The van der Waals surface area contributed by atoms with E-state index in [0.29, 0.717) is 16.7 Å². The van der Waals surface area contributed by atoms with Gasteiger partial charge in [0.25, 0.3) is 0 Å². The second kappa shape index (κ2) is 4.78. The van der Waals surface area contributed by atoms with Gasteiger partial charge in [0.1, 0.15) is 5.15 Å². The highest BCUT2D eigenvalue weighted by molar-refractivity contribution is 6.32. The van der Waals surface area contributed by atoms with Crippen LogP contribution < -0.4 is 5.73 Å². The third-order valence-electron chi connectivity index (χ3n) is 1.10. The molecule has 0 bridgehead atoms. The molecule has 0 saturated heterocycles. The van der Waals surface area contributed by atoms with Crippen LogP contribution >= 0.6 is 35.6 Å². The molecule has 2 nitrogen and oxygen atoms in total. The Hall–Kier alpha value is -0.0200. The van der Waals surface area contributed by atoms with E-state index >= 15 is 0 Å². The highest BCUT2D eigenvalue weighted by Gasteiger charge is 1.98. The Morgan fingerprint density at radius 3 is 2.55 bits per heavy atom. The van der Waals surface area contributed by atoms with E-state index in [2.05, 4.69) is 4.98 Å². The summed E-state index contributed by atoms with van der Waals surface area (Å²) in [4.78, 5) is 3.80. The monoisotopic (exact) mass is 212 g/mol. The Morgan fingerprint density at radius 1 is 1.45 bits per heavy atom. The molecule has 62 valence electrons. The zero-order valence-electron chi connectivity index (χ0n) is 5.55. The summed E-state index contributed by atoms with van der Waals surface area (Å²) >= 11 is 11.3. The number of pyridine rings is 1. The van der Waals surface area contributed by atoms with Crippen LogP contribution in [0.5, 0.6) is 0 Å². The smallest absolute Gasteiger partial charge is 0.133 e. The van der Waals surface area contributed by atoms with Gasteiger partial charge < -0.3 is 5.73 Å². The molecule has 0 atom stereocenters. The third-order valence-corrected chi connectivity index (χ3v) is 1.65. The Kier molecular flexibility index (Phi) is 4.77. The van der Waals surface area contributed by atoms with Gasteiger partial charge in [0.15, 0.2) is 0 Å². The van der Waals surface area contributed by atoms with Crippen molar-refractivity contribution in [2.24, 2.45) is 5.73 Å². The highest BCUT2D eigenvalue weighted by atomic mass is 35.5.